The molecule has 1 aliphatic carbocycles. The molecule has 1 saturated carbocycles. The number of hydrogen-bond donors (Lipinski definition) is 2. The van der Waals surface area contributed by atoms with Gasteiger partial charge in [-0.15, -0.1) is 0 Å². The van der Waals surface area contributed by atoms with Crippen molar-refractivity contribution in [3.63, 3.8) is 0 Å². The van der Waals surface area contributed by atoms with E-state index >= 15 is 0 Å². The van der Waals surface area contributed by atoms with Crippen molar-refractivity contribution in [3.8, 4) is 0 Å². The zero-order valence-electron chi connectivity index (χ0n) is 9.46. The molecular formula is C11H21N3O. The van der Waals surface area contributed by atoms with Gasteiger partial charge in [-0.3, -0.25) is 4.79 Å². The summed E-state index contributed by atoms with van der Waals surface area (Å²) >= 11 is 0. The van der Waals surface area contributed by atoms with Crippen LogP contribution in [0.15, 0.2) is 0 Å². The first-order valence-electron chi connectivity index (χ1n) is 5.98. The highest BCUT2D eigenvalue weighted by Crippen LogP contribution is 2.23. The van der Waals surface area contributed by atoms with Crippen molar-refractivity contribution >= 4 is 5.91 Å². The lowest BCUT2D eigenvalue weighted by atomic mass is 9.90. The predicted octanol–water partition coefficient (Wildman–Crippen LogP) is -0.0512. The van der Waals surface area contributed by atoms with Crippen molar-refractivity contribution < 1.29 is 4.79 Å². The van der Waals surface area contributed by atoms with E-state index in [9.17, 15) is 4.79 Å². The van der Waals surface area contributed by atoms with Gasteiger partial charge < -0.3 is 15.5 Å². The van der Waals surface area contributed by atoms with Gasteiger partial charge in [-0.2, -0.15) is 0 Å². The van der Waals surface area contributed by atoms with Crippen LogP contribution in [0.2, 0.25) is 0 Å². The molecule has 0 aromatic carbocycles. The Bertz CT molecular complexity index is 224. The first-order valence-corrected chi connectivity index (χ1v) is 5.98. The highest BCUT2D eigenvalue weighted by atomic mass is 16.2. The van der Waals surface area contributed by atoms with Gasteiger partial charge in [0.2, 0.25) is 5.91 Å². The lowest BCUT2D eigenvalue weighted by Gasteiger charge is -2.39. The largest absolute Gasteiger partial charge is 0.337 e. The quantitative estimate of drug-likeness (QED) is 0.673. The van der Waals surface area contributed by atoms with E-state index < -0.39 is 0 Å². The maximum atomic E-state index is 11.7. The first kappa shape index (κ1) is 10.9. The van der Waals surface area contributed by atoms with Crippen LogP contribution in [0.3, 0.4) is 0 Å². The number of amides is 1. The van der Waals surface area contributed by atoms with Crippen LogP contribution in [-0.4, -0.2) is 49.6 Å². The Hall–Kier alpha value is -0.610. The van der Waals surface area contributed by atoms with Gasteiger partial charge in [-0.1, -0.05) is 0 Å². The topological polar surface area (TPSA) is 44.4 Å². The monoisotopic (exact) mass is 211 g/mol. The van der Waals surface area contributed by atoms with Crippen LogP contribution >= 0.6 is 0 Å². The Balaban J connectivity index is 1.86. The number of nitrogens with one attached hydrogen (secondary N) is 2. The van der Waals surface area contributed by atoms with Crippen LogP contribution < -0.4 is 10.6 Å². The van der Waals surface area contributed by atoms with Crippen molar-refractivity contribution in [2.75, 3.05) is 26.7 Å². The lowest BCUT2D eigenvalue weighted by Crippen LogP contribution is -2.53. The van der Waals surface area contributed by atoms with Crippen molar-refractivity contribution in [2.45, 2.75) is 37.8 Å². The minimum Gasteiger partial charge on any atom is -0.337 e. The fourth-order valence-electron chi connectivity index (χ4n) is 2.68. The molecule has 1 amide bonds. The summed E-state index contributed by atoms with van der Waals surface area (Å²) in [6.45, 7) is 2.39. The molecule has 0 radical (unpaired) electrons. The summed E-state index contributed by atoms with van der Waals surface area (Å²) in [5, 5.41) is 6.44. The molecule has 1 aliphatic heterocycles. The van der Waals surface area contributed by atoms with Gasteiger partial charge in [0, 0.05) is 25.2 Å². The third-order valence-corrected chi connectivity index (χ3v) is 3.67. The number of hydrogen-bond acceptors (Lipinski definition) is 3. The summed E-state index contributed by atoms with van der Waals surface area (Å²) in [7, 11) is 2.03. The first-order chi connectivity index (χ1) is 7.31. The zero-order chi connectivity index (χ0) is 10.7. The van der Waals surface area contributed by atoms with E-state index in [2.05, 4.69) is 15.5 Å². The molecule has 0 aromatic heterocycles. The maximum absolute atomic E-state index is 11.7. The normalized spacial score (nSPS) is 33.1. The summed E-state index contributed by atoms with van der Waals surface area (Å²) in [6.07, 6.45) is 4.74. The summed E-state index contributed by atoms with van der Waals surface area (Å²) < 4.78 is 0. The van der Waals surface area contributed by atoms with E-state index in [0.29, 0.717) is 18.6 Å². The average Bonchev–Trinajstić information content (AvgIpc) is 2.30. The molecule has 2 rings (SSSR count). The van der Waals surface area contributed by atoms with Gasteiger partial charge in [0.05, 0.1) is 6.54 Å². The molecular weight excluding hydrogens is 190 g/mol. The Morgan fingerprint density at radius 2 is 2.07 bits per heavy atom. The van der Waals surface area contributed by atoms with Crippen LogP contribution in [0.5, 0.6) is 0 Å². The fourth-order valence-corrected chi connectivity index (χ4v) is 2.68. The Labute approximate surface area is 91.4 Å². The molecule has 1 saturated heterocycles. The SMILES string of the molecule is CNC1CCC(N2CCNCC2=O)CC1. The van der Waals surface area contributed by atoms with Crippen LogP contribution in [0.25, 0.3) is 0 Å². The van der Waals surface area contributed by atoms with Gasteiger partial charge in [0.15, 0.2) is 0 Å². The van der Waals surface area contributed by atoms with Crippen molar-refractivity contribution in [1.29, 1.82) is 0 Å². The fraction of sp³-hybridized carbons (Fsp3) is 0.909. The number of nitrogens with zero attached hydrogens (tertiary/aromatic N) is 1. The molecule has 4 nitrogen and oxygen atoms in total. The summed E-state index contributed by atoms with van der Waals surface area (Å²) in [6, 6.07) is 1.17. The van der Waals surface area contributed by atoms with Gasteiger partial charge in [0.25, 0.3) is 0 Å². The molecule has 2 fully saturated rings. The molecule has 4 heteroatoms. The number of carbonyl (C=O) groups is 1. The summed E-state index contributed by atoms with van der Waals surface area (Å²) in [5.41, 5.74) is 0. The standard InChI is InChI=1S/C11H21N3O/c1-12-9-2-4-10(5-3-9)14-7-6-13-8-11(14)15/h9-10,12-13H,2-8H2,1H3. The summed E-state index contributed by atoms with van der Waals surface area (Å²) in [5.74, 6) is 0.286. The maximum Gasteiger partial charge on any atom is 0.236 e. The Kier molecular flexibility index (Phi) is 3.59. The molecule has 0 spiro atoms. The van der Waals surface area contributed by atoms with Gasteiger partial charge in [0.1, 0.15) is 0 Å². The molecule has 86 valence electrons. The zero-order valence-corrected chi connectivity index (χ0v) is 9.46. The van der Waals surface area contributed by atoms with E-state index in [4.69, 9.17) is 0 Å². The third kappa shape index (κ3) is 2.49. The number of carbonyl (C=O) groups excluding carboxylic acids is 1. The van der Waals surface area contributed by atoms with E-state index in [1.165, 1.54) is 12.8 Å². The Morgan fingerprint density at radius 3 is 2.67 bits per heavy atom. The van der Waals surface area contributed by atoms with Crippen LogP contribution in [-0.2, 0) is 4.79 Å². The Morgan fingerprint density at radius 1 is 1.33 bits per heavy atom. The van der Waals surface area contributed by atoms with Crippen LogP contribution in [0.4, 0.5) is 0 Å². The highest BCUT2D eigenvalue weighted by Gasteiger charge is 2.29. The second-order valence-electron chi connectivity index (χ2n) is 4.56. The van der Waals surface area contributed by atoms with Gasteiger partial charge >= 0.3 is 0 Å². The summed E-state index contributed by atoms with van der Waals surface area (Å²) in [4.78, 5) is 13.8. The average molecular weight is 211 g/mol. The van der Waals surface area contributed by atoms with E-state index in [1.54, 1.807) is 0 Å². The van der Waals surface area contributed by atoms with E-state index in [-0.39, 0.29) is 5.91 Å². The second-order valence-corrected chi connectivity index (χ2v) is 4.56. The number of piperazine rings is 1. The van der Waals surface area contributed by atoms with Gasteiger partial charge in [-0.25, -0.2) is 0 Å². The molecule has 0 bridgehead atoms. The number of rotatable bonds is 2. The van der Waals surface area contributed by atoms with Crippen molar-refractivity contribution in [2.24, 2.45) is 0 Å². The van der Waals surface area contributed by atoms with Gasteiger partial charge in [-0.05, 0) is 32.7 Å². The second kappa shape index (κ2) is 4.94. The minimum atomic E-state index is 0.286. The highest BCUT2D eigenvalue weighted by molar-refractivity contribution is 5.79. The third-order valence-electron chi connectivity index (χ3n) is 3.67. The van der Waals surface area contributed by atoms with Crippen LogP contribution in [0.1, 0.15) is 25.7 Å². The predicted molar refractivity (Wildman–Crippen MR) is 59.7 cm³/mol. The van der Waals surface area contributed by atoms with Crippen LogP contribution in [0, 0.1) is 0 Å². The minimum absolute atomic E-state index is 0.286. The lowest BCUT2D eigenvalue weighted by molar-refractivity contribution is -0.135. The molecule has 1 heterocycles. The smallest absolute Gasteiger partial charge is 0.236 e. The molecule has 2 N–H and O–H groups in total. The van der Waals surface area contributed by atoms with E-state index in [0.717, 1.165) is 25.9 Å². The van der Waals surface area contributed by atoms with Crippen molar-refractivity contribution in [1.82, 2.24) is 15.5 Å². The molecule has 0 unspecified atom stereocenters. The van der Waals surface area contributed by atoms with E-state index in [1.807, 2.05) is 7.05 Å². The van der Waals surface area contributed by atoms with Crippen molar-refractivity contribution in [3.05, 3.63) is 0 Å². The molecule has 0 atom stereocenters. The molecule has 2 aliphatic rings. The molecule has 0 aromatic rings. The molecule has 15 heavy (non-hydrogen) atoms.